The van der Waals surface area contributed by atoms with Gasteiger partial charge in [-0.15, -0.1) is 11.3 Å². The Bertz CT molecular complexity index is 2070. The number of carbonyl (C=O) groups is 1. The van der Waals surface area contributed by atoms with Crippen LogP contribution in [-0.2, 0) is 37.3 Å². The molecule has 9 nitrogen and oxygen atoms in total. The zero-order valence-corrected chi connectivity index (χ0v) is 28.9. The van der Waals surface area contributed by atoms with Crippen LogP contribution in [0.4, 0.5) is 19.0 Å². The smallest absolute Gasteiger partial charge is 0.390 e. The predicted molar refractivity (Wildman–Crippen MR) is 192 cm³/mol. The number of aliphatic hydroxyl groups is 1. The van der Waals surface area contributed by atoms with Crippen LogP contribution in [0.3, 0.4) is 0 Å². The number of amides is 1. The Kier molecular flexibility index (Phi) is 11.6. The van der Waals surface area contributed by atoms with E-state index in [1.54, 1.807) is 25.3 Å². The van der Waals surface area contributed by atoms with Crippen molar-refractivity contribution in [3.05, 3.63) is 91.8 Å². The average molecular weight is 704 g/mol. The number of rotatable bonds is 12. The highest BCUT2D eigenvalue weighted by molar-refractivity contribution is 7.09. The quantitative estimate of drug-likeness (QED) is 0.140. The summed E-state index contributed by atoms with van der Waals surface area (Å²) in [5.41, 5.74) is 5.07. The molecular formula is C37H40F3N7O2S. The number of thiophene rings is 1. The van der Waals surface area contributed by atoms with E-state index < -0.39 is 12.6 Å². The lowest BCUT2D eigenvalue weighted by Gasteiger charge is -2.33. The molecular weight excluding hydrogens is 664 g/mol. The number of likely N-dealkylation sites (tertiary alicyclic amines) is 1. The maximum Gasteiger partial charge on any atom is 0.393 e. The molecule has 0 saturated carbocycles. The monoisotopic (exact) mass is 703 g/mol. The van der Waals surface area contributed by atoms with Gasteiger partial charge in [0.05, 0.1) is 18.7 Å². The molecule has 1 aliphatic rings. The minimum Gasteiger partial charge on any atom is -0.390 e. The SMILES string of the molecule is C=CC(=O)Nc1ccc(CCn2c(C#N)cc3c(C)c(CN4CCC(NC(/N=C\C)=c5\cc(CC(F)(F)F)sc5=C)CC4)ccc32)c(CO)n1. The molecule has 0 radical (unpaired) electrons. The van der Waals surface area contributed by atoms with Crippen molar-refractivity contribution < 1.29 is 23.1 Å². The first-order valence-electron chi connectivity index (χ1n) is 16.3. The van der Waals surface area contributed by atoms with Crippen LogP contribution in [0.1, 0.15) is 52.7 Å². The summed E-state index contributed by atoms with van der Waals surface area (Å²) in [6.07, 6.45) is -0.254. The topological polar surface area (TPSA) is 119 Å². The van der Waals surface area contributed by atoms with Gasteiger partial charge in [0, 0.05) is 64.0 Å². The summed E-state index contributed by atoms with van der Waals surface area (Å²) in [6.45, 7) is 13.9. The van der Waals surface area contributed by atoms with Crippen molar-refractivity contribution in [1.29, 1.82) is 5.26 Å². The average Bonchev–Trinajstić information content (AvgIpc) is 3.64. The van der Waals surface area contributed by atoms with Gasteiger partial charge in [0.25, 0.3) is 0 Å². The number of hydrogen-bond acceptors (Lipinski definition) is 8. The van der Waals surface area contributed by atoms with Crippen LogP contribution < -0.4 is 20.4 Å². The van der Waals surface area contributed by atoms with Gasteiger partial charge in [-0.2, -0.15) is 18.4 Å². The molecule has 3 aromatic heterocycles. The minimum absolute atomic E-state index is 0.120. The molecule has 262 valence electrons. The van der Waals surface area contributed by atoms with Crippen molar-refractivity contribution in [2.45, 2.75) is 71.4 Å². The molecule has 4 aromatic rings. The van der Waals surface area contributed by atoms with Crippen LogP contribution in [0.2, 0.25) is 0 Å². The second-order valence-electron chi connectivity index (χ2n) is 12.3. The molecule has 1 aromatic carbocycles. The molecule has 1 fully saturated rings. The van der Waals surface area contributed by atoms with Gasteiger partial charge in [-0.25, -0.2) is 9.98 Å². The first kappa shape index (κ1) is 36.5. The second-order valence-corrected chi connectivity index (χ2v) is 13.5. The zero-order chi connectivity index (χ0) is 36.0. The van der Waals surface area contributed by atoms with Crippen molar-refractivity contribution in [2.24, 2.45) is 4.99 Å². The number of halogens is 3. The van der Waals surface area contributed by atoms with Crippen molar-refractivity contribution in [3.63, 3.8) is 0 Å². The number of carbonyl (C=O) groups excluding carboxylic acids is 1. The van der Waals surface area contributed by atoms with E-state index in [0.29, 0.717) is 45.7 Å². The maximum absolute atomic E-state index is 13.0. The number of nitrogens with one attached hydrogen (secondary N) is 2. The van der Waals surface area contributed by atoms with Gasteiger partial charge in [0.15, 0.2) is 0 Å². The Morgan fingerprint density at radius 3 is 2.62 bits per heavy atom. The van der Waals surface area contributed by atoms with Gasteiger partial charge in [-0.1, -0.05) is 25.3 Å². The fraction of sp³-hybridized carbons (Fsp3) is 0.351. The Morgan fingerprint density at radius 1 is 1.22 bits per heavy atom. The Labute approximate surface area is 292 Å². The molecule has 0 aliphatic carbocycles. The molecule has 0 bridgehead atoms. The summed E-state index contributed by atoms with van der Waals surface area (Å²) in [6, 6.07) is 13.6. The van der Waals surface area contributed by atoms with E-state index in [-0.39, 0.29) is 23.4 Å². The van der Waals surface area contributed by atoms with Crippen molar-refractivity contribution >= 4 is 52.6 Å². The number of pyridine rings is 1. The molecule has 1 amide bonds. The number of piperidine rings is 1. The largest absolute Gasteiger partial charge is 0.393 e. The molecule has 0 unspecified atom stereocenters. The summed E-state index contributed by atoms with van der Waals surface area (Å²) >= 11 is 1.05. The lowest BCUT2D eigenvalue weighted by atomic mass is 10.0. The second kappa shape index (κ2) is 15.8. The predicted octanol–water partition coefficient (Wildman–Crippen LogP) is 5.06. The van der Waals surface area contributed by atoms with E-state index in [2.05, 4.69) is 63.8 Å². The number of fused-ring (bicyclic) bond motifs is 1. The number of nitrogens with zero attached hydrogens (tertiary/aromatic N) is 5. The van der Waals surface area contributed by atoms with Gasteiger partial charge in [0.1, 0.15) is 23.4 Å². The molecule has 13 heteroatoms. The molecule has 3 N–H and O–H groups in total. The van der Waals surface area contributed by atoms with Crippen molar-refractivity contribution in [2.75, 3.05) is 18.4 Å². The van der Waals surface area contributed by atoms with Crippen LogP contribution in [0.5, 0.6) is 0 Å². The number of nitriles is 1. The van der Waals surface area contributed by atoms with E-state index in [0.717, 1.165) is 71.9 Å². The zero-order valence-electron chi connectivity index (χ0n) is 28.1. The van der Waals surface area contributed by atoms with Crippen LogP contribution in [0.15, 0.2) is 54.0 Å². The first-order valence-corrected chi connectivity index (χ1v) is 17.2. The van der Waals surface area contributed by atoms with E-state index >= 15 is 0 Å². The molecule has 1 saturated heterocycles. The highest BCUT2D eigenvalue weighted by atomic mass is 32.1. The minimum atomic E-state index is -4.28. The number of aliphatic hydroxyl groups excluding tert-OH is 1. The standard InChI is InChI=1S/C37H40F3N7O2S/c1-5-35(49)45-34-10-8-25(32(22-48)44-34)11-16-47-28(20-41)17-30-23(3)26(7-9-33(30)47)21-46-14-12-27(13-15-46)43-36(42-6-2)31-18-29(50-24(31)4)19-37(38,39)40/h5-10,17-18,27,43,48H,1,4,11-16,19,21-22H2,2-3H3,(H,44,45,49)/b36-31+,42-6-. The molecule has 4 heterocycles. The lowest BCUT2D eigenvalue weighted by molar-refractivity contribution is -0.126. The molecule has 1 aliphatic heterocycles. The normalized spacial score (nSPS) is 15.0. The fourth-order valence-corrected chi connectivity index (χ4v) is 7.35. The Hall–Kier alpha value is -4.77. The van der Waals surface area contributed by atoms with Gasteiger partial charge >= 0.3 is 6.18 Å². The van der Waals surface area contributed by atoms with E-state index in [9.17, 15) is 28.3 Å². The number of aliphatic imine (C=N–C) groups is 1. The number of aryl methyl sites for hydroxylation is 3. The Morgan fingerprint density at radius 2 is 1.96 bits per heavy atom. The summed E-state index contributed by atoms with van der Waals surface area (Å²) < 4.78 is 41.5. The van der Waals surface area contributed by atoms with Gasteiger partial charge < -0.3 is 20.3 Å². The van der Waals surface area contributed by atoms with E-state index in [1.165, 1.54) is 5.56 Å². The van der Waals surface area contributed by atoms with Gasteiger partial charge in [0.2, 0.25) is 5.91 Å². The number of anilines is 1. The lowest BCUT2D eigenvalue weighted by Crippen LogP contribution is -2.43. The third-order valence-electron chi connectivity index (χ3n) is 8.91. The van der Waals surface area contributed by atoms with E-state index in [1.807, 2.05) is 16.7 Å². The van der Waals surface area contributed by atoms with E-state index in [4.69, 9.17) is 0 Å². The third kappa shape index (κ3) is 8.68. The van der Waals surface area contributed by atoms with Gasteiger partial charge in [-0.3, -0.25) is 9.69 Å². The highest BCUT2D eigenvalue weighted by Gasteiger charge is 2.29. The molecule has 0 atom stereocenters. The third-order valence-corrected chi connectivity index (χ3v) is 9.90. The van der Waals surface area contributed by atoms with Crippen LogP contribution in [-0.4, -0.2) is 57.0 Å². The molecule has 5 rings (SSSR count). The molecule has 0 spiro atoms. The molecule has 50 heavy (non-hydrogen) atoms. The number of aromatic nitrogens is 2. The van der Waals surface area contributed by atoms with Crippen LogP contribution in [0.25, 0.3) is 23.3 Å². The van der Waals surface area contributed by atoms with Crippen LogP contribution >= 0.6 is 11.3 Å². The van der Waals surface area contributed by atoms with Gasteiger partial charge in [-0.05, 0) is 80.1 Å². The van der Waals surface area contributed by atoms with Crippen LogP contribution in [0, 0.1) is 18.3 Å². The number of alkyl halides is 3. The summed E-state index contributed by atoms with van der Waals surface area (Å²) in [5, 5.41) is 27.6. The maximum atomic E-state index is 13.0. The first-order chi connectivity index (χ1) is 23.9. The number of benzene rings is 1. The fourth-order valence-electron chi connectivity index (χ4n) is 6.35. The Balaban J connectivity index is 1.26. The number of hydrogen-bond donors (Lipinski definition) is 3. The summed E-state index contributed by atoms with van der Waals surface area (Å²) in [4.78, 5) is 23.1. The summed E-state index contributed by atoms with van der Waals surface area (Å²) in [5.74, 6) is 0.496. The highest BCUT2D eigenvalue weighted by Crippen LogP contribution is 2.28. The van der Waals surface area contributed by atoms with Crippen molar-refractivity contribution in [3.8, 4) is 6.07 Å². The van der Waals surface area contributed by atoms with Crippen molar-refractivity contribution in [1.82, 2.24) is 19.8 Å². The summed E-state index contributed by atoms with van der Waals surface area (Å²) in [7, 11) is 0.